The summed E-state index contributed by atoms with van der Waals surface area (Å²) in [5.41, 5.74) is 12.4. The second-order valence-corrected chi connectivity index (χ2v) is 18.3. The highest BCUT2D eigenvalue weighted by atomic mass is 32.2. The van der Waals surface area contributed by atoms with Gasteiger partial charge in [0.2, 0.25) is 11.4 Å². The predicted octanol–water partition coefficient (Wildman–Crippen LogP) is 13.8. The van der Waals surface area contributed by atoms with Gasteiger partial charge in [0.05, 0.1) is 0 Å². The predicted molar refractivity (Wildman–Crippen MR) is 248 cm³/mol. The number of rotatable bonds is 16. The number of hydrogen-bond acceptors (Lipinski definition) is 4. The Morgan fingerprint density at radius 1 is 0.603 bits per heavy atom. The van der Waals surface area contributed by atoms with Gasteiger partial charge in [0.25, 0.3) is 5.04 Å². The smallest absolute Gasteiger partial charge is 0.251 e. The van der Waals surface area contributed by atoms with Crippen LogP contribution in [0.4, 0.5) is 11.4 Å². The van der Waals surface area contributed by atoms with E-state index in [1.54, 1.807) is 23.1 Å². The van der Waals surface area contributed by atoms with Gasteiger partial charge in [0.15, 0.2) is 5.78 Å². The molecule has 0 atom stereocenters. The highest BCUT2D eigenvalue weighted by Crippen LogP contribution is 2.50. The molecule has 0 saturated heterocycles. The van der Waals surface area contributed by atoms with Crippen LogP contribution in [0.1, 0.15) is 126 Å². The fourth-order valence-electron chi connectivity index (χ4n) is 8.03. The third-order valence-electron chi connectivity index (χ3n) is 11.5. The van der Waals surface area contributed by atoms with Crippen molar-refractivity contribution in [3.63, 3.8) is 0 Å². The minimum atomic E-state index is -0.101. The normalized spacial score (nSPS) is 15.4. The monoisotopic (exact) mass is 803 g/mol. The maximum absolute atomic E-state index is 14.7. The third-order valence-corrected chi connectivity index (χ3v) is 13.9. The molecule has 4 aromatic carbocycles. The zero-order chi connectivity index (χ0) is 40.8. The molecule has 298 valence electrons. The largest absolute Gasteiger partial charge is 0.871 e. The average Bonchev–Trinajstić information content (AvgIpc) is 3.81. The molecule has 5 heteroatoms. The van der Waals surface area contributed by atoms with Crippen molar-refractivity contribution in [3.05, 3.63) is 180 Å². The molecule has 3 nitrogen and oxygen atoms in total. The van der Waals surface area contributed by atoms with Crippen molar-refractivity contribution in [3.8, 4) is 0 Å². The Morgan fingerprint density at radius 2 is 1.09 bits per heavy atom. The molecule has 0 fully saturated rings. The van der Waals surface area contributed by atoms with E-state index in [4.69, 9.17) is 0 Å². The van der Waals surface area contributed by atoms with Gasteiger partial charge < -0.3 is 5.11 Å². The number of thioether (sulfide) groups is 1. The zero-order valence-corrected chi connectivity index (χ0v) is 36.8. The molecule has 0 bridgehead atoms. The molecule has 7 rings (SSSR count). The van der Waals surface area contributed by atoms with E-state index in [9.17, 15) is 9.90 Å². The lowest BCUT2D eigenvalue weighted by molar-refractivity contribution is -0.297. The van der Waals surface area contributed by atoms with Gasteiger partial charge in [-0.2, -0.15) is 0 Å². The van der Waals surface area contributed by atoms with Crippen LogP contribution in [0, 0.1) is 27.7 Å². The van der Waals surface area contributed by atoms with Gasteiger partial charge in [-0.05, 0) is 93.5 Å². The van der Waals surface area contributed by atoms with E-state index in [-0.39, 0.29) is 17.5 Å². The highest BCUT2D eigenvalue weighted by Gasteiger charge is 2.39. The van der Waals surface area contributed by atoms with Crippen molar-refractivity contribution in [2.75, 3.05) is 0 Å². The number of unbranched alkanes of at least 4 members (excludes halogenated alkanes) is 6. The molecule has 0 N–H and O–H groups in total. The summed E-state index contributed by atoms with van der Waals surface area (Å²) < 4.78 is 2.28. The molecule has 2 heterocycles. The van der Waals surface area contributed by atoms with E-state index < -0.39 is 0 Å². The standard InChI is InChI=1S/C53H57NO2S2/c1-7-9-11-13-15-41-33-45(47(39-25-17-35(3)18-26-39)40-27-19-36(4)20-28-40)57-52(41)48-50(55)49(51(48)56)53-42(16-14-12-10-8-2)34-46(58-53)54(43-29-21-37(5)22-30-43)44-31-23-38(6)24-32-44/h17-34,47H,7-16H2,1-6H3. The van der Waals surface area contributed by atoms with E-state index in [0.717, 1.165) is 88.7 Å². The molecule has 1 aliphatic heterocycles. The molecular formula is C53H57NO2S2. The first-order chi connectivity index (χ1) is 28.2. The number of carbonyl (C=O) groups excluding carboxylic acids is 1. The van der Waals surface area contributed by atoms with Gasteiger partial charge in [0.1, 0.15) is 0 Å². The summed E-state index contributed by atoms with van der Waals surface area (Å²) >= 11 is 3.24. The van der Waals surface area contributed by atoms with E-state index in [0.29, 0.717) is 11.1 Å². The summed E-state index contributed by atoms with van der Waals surface area (Å²) in [7, 11) is 0. The molecule has 58 heavy (non-hydrogen) atoms. The van der Waals surface area contributed by atoms with Crippen LogP contribution in [0.15, 0.2) is 131 Å². The minimum Gasteiger partial charge on any atom is -0.871 e. The van der Waals surface area contributed by atoms with Crippen molar-refractivity contribution in [2.45, 2.75) is 112 Å². The number of ketones is 1. The van der Waals surface area contributed by atoms with Crippen LogP contribution in [-0.4, -0.2) is 10.8 Å². The number of thiophene rings is 1. The lowest BCUT2D eigenvalue weighted by atomic mass is 9.83. The lowest BCUT2D eigenvalue weighted by Crippen LogP contribution is -2.30. The fraction of sp³-hybridized carbons (Fsp3) is 0.321. The van der Waals surface area contributed by atoms with Gasteiger partial charge >= 0.3 is 0 Å². The maximum Gasteiger partial charge on any atom is 0.251 e. The van der Waals surface area contributed by atoms with Gasteiger partial charge in [-0.3, -0.25) is 4.79 Å². The van der Waals surface area contributed by atoms with E-state index >= 15 is 0 Å². The number of carbonyl (C=O) groups is 1. The third kappa shape index (κ3) is 9.12. The Kier molecular flexibility index (Phi) is 13.5. The second kappa shape index (κ2) is 18.9. The molecule has 0 amide bonds. The van der Waals surface area contributed by atoms with Gasteiger partial charge in [-0.15, -0.1) is 15.9 Å². The number of hydrogen-bond donors (Lipinski definition) is 0. The summed E-state index contributed by atoms with van der Waals surface area (Å²) in [5, 5.41) is 15.7. The van der Waals surface area contributed by atoms with E-state index in [1.165, 1.54) is 51.1 Å². The zero-order valence-electron chi connectivity index (χ0n) is 35.1. The summed E-state index contributed by atoms with van der Waals surface area (Å²) in [6.07, 6.45) is 12.9. The van der Waals surface area contributed by atoms with E-state index in [2.05, 4.69) is 155 Å². The summed E-state index contributed by atoms with van der Waals surface area (Å²) in [4.78, 5) is 17.6. The molecule has 5 aromatic rings. The van der Waals surface area contributed by atoms with Crippen molar-refractivity contribution in [1.82, 2.24) is 4.58 Å². The number of Topliss-reactive ketones (excluding diaryl/α,β-unsaturated/α-hetero) is 1. The van der Waals surface area contributed by atoms with Crippen LogP contribution in [0.5, 0.6) is 0 Å². The molecule has 0 radical (unpaired) electrons. The molecule has 2 aliphatic rings. The van der Waals surface area contributed by atoms with Crippen LogP contribution in [0.3, 0.4) is 0 Å². The molecule has 1 aromatic heterocycles. The Labute approximate surface area is 355 Å². The van der Waals surface area contributed by atoms with Crippen LogP contribution < -0.4 is 9.68 Å². The Balaban J connectivity index is 1.35. The average molecular weight is 804 g/mol. The molecule has 0 unspecified atom stereocenters. The SMILES string of the molecule is CCCCCCC1=CC(=[N+](c2ccc(C)cc2)c2ccc(C)cc2)S/C1=C1\C(=O)C(c2sc(C(c3ccc(C)cc3)c3ccc(C)cc3)cc2CCCCCC)=C1[O-]. The van der Waals surface area contributed by atoms with Crippen LogP contribution in [0.2, 0.25) is 0 Å². The van der Waals surface area contributed by atoms with Gasteiger partial charge in [-0.25, -0.2) is 0 Å². The summed E-state index contributed by atoms with van der Waals surface area (Å²) in [5.74, 6) is -0.195. The van der Waals surface area contributed by atoms with Gasteiger partial charge in [-0.1, -0.05) is 153 Å². The molecule has 0 spiro atoms. The number of benzene rings is 4. The topological polar surface area (TPSA) is 43.1 Å². The summed E-state index contributed by atoms with van der Waals surface area (Å²) in [6.45, 7) is 12.9. The fourth-order valence-corrected chi connectivity index (χ4v) is 10.7. The van der Waals surface area contributed by atoms with Gasteiger partial charge in [0, 0.05) is 62.1 Å². The van der Waals surface area contributed by atoms with Crippen LogP contribution in [0.25, 0.3) is 5.57 Å². The Hall–Kier alpha value is -4.71. The lowest BCUT2D eigenvalue weighted by Gasteiger charge is -2.32. The first kappa shape index (κ1) is 41.4. The van der Waals surface area contributed by atoms with Crippen LogP contribution in [-0.2, 0) is 11.2 Å². The number of allylic oxidation sites excluding steroid dienone is 3. The summed E-state index contributed by atoms with van der Waals surface area (Å²) in [6, 6.07) is 37.1. The van der Waals surface area contributed by atoms with Crippen molar-refractivity contribution in [1.29, 1.82) is 0 Å². The first-order valence-corrected chi connectivity index (χ1v) is 23.0. The molecular weight excluding hydrogens is 747 g/mol. The highest BCUT2D eigenvalue weighted by molar-refractivity contribution is 8.18. The van der Waals surface area contributed by atoms with Crippen molar-refractivity contribution >= 4 is 50.9 Å². The van der Waals surface area contributed by atoms with E-state index in [1.807, 2.05) is 0 Å². The second-order valence-electron chi connectivity index (χ2n) is 16.2. The Morgan fingerprint density at radius 3 is 1.57 bits per heavy atom. The number of aryl methyl sites for hydroxylation is 5. The minimum absolute atomic E-state index is 0.00720. The van der Waals surface area contributed by atoms with Crippen molar-refractivity contribution < 1.29 is 9.90 Å². The van der Waals surface area contributed by atoms with Crippen LogP contribution >= 0.6 is 23.1 Å². The molecule has 1 aliphatic carbocycles. The first-order valence-electron chi connectivity index (χ1n) is 21.3. The molecule has 0 saturated carbocycles. The number of nitrogens with zero attached hydrogens (tertiary/aromatic N) is 1. The maximum atomic E-state index is 14.7. The Bertz CT molecular complexity index is 2280. The quantitative estimate of drug-likeness (QED) is 0.0567. The van der Waals surface area contributed by atoms with Crippen molar-refractivity contribution in [2.24, 2.45) is 0 Å².